The van der Waals surface area contributed by atoms with Crippen LogP contribution in [0.4, 0.5) is 8.78 Å². The molecule has 2 aromatic rings. The van der Waals surface area contributed by atoms with Crippen molar-refractivity contribution in [2.24, 2.45) is 0 Å². The van der Waals surface area contributed by atoms with Gasteiger partial charge in [-0.3, -0.25) is 4.79 Å². The summed E-state index contributed by atoms with van der Waals surface area (Å²) in [6, 6.07) is 12.0. The first-order valence-electron chi connectivity index (χ1n) is 8.50. The van der Waals surface area contributed by atoms with E-state index in [1.165, 1.54) is 25.3 Å². The molecule has 27 heavy (non-hydrogen) atoms. The molecular formula is C20H23F2NO4. The summed E-state index contributed by atoms with van der Waals surface area (Å²) in [4.78, 5) is 12.4. The van der Waals surface area contributed by atoms with Crippen molar-refractivity contribution in [2.45, 2.75) is 39.7 Å². The number of rotatable bonds is 9. The lowest BCUT2D eigenvalue weighted by atomic mass is 10.1. The number of halogens is 2. The topological polar surface area (TPSA) is 56.8 Å². The number of methoxy groups -OCH3 is 1. The molecule has 1 N–H and O–H groups in total. The van der Waals surface area contributed by atoms with Crippen molar-refractivity contribution in [3.8, 4) is 11.5 Å². The van der Waals surface area contributed by atoms with Gasteiger partial charge in [-0.15, -0.1) is 0 Å². The van der Waals surface area contributed by atoms with Crippen molar-refractivity contribution in [1.29, 1.82) is 0 Å². The standard InChI is InChI=1S/C20H23F2NO4/c1-13(2)26-12-15-9-7-14(8-10-15)11-23-19(24)16-5-4-6-17(25-3)18(16)27-20(21)22/h4-10,13,20H,11-12H2,1-3H3,(H,23,24). The molecule has 2 aromatic carbocycles. The van der Waals surface area contributed by atoms with Gasteiger partial charge in [-0.05, 0) is 37.1 Å². The highest BCUT2D eigenvalue weighted by Gasteiger charge is 2.20. The van der Waals surface area contributed by atoms with Crippen molar-refractivity contribution in [2.75, 3.05) is 7.11 Å². The maximum atomic E-state index is 12.7. The molecule has 146 valence electrons. The van der Waals surface area contributed by atoms with Crippen LogP contribution < -0.4 is 14.8 Å². The molecule has 2 rings (SSSR count). The van der Waals surface area contributed by atoms with Gasteiger partial charge in [0.25, 0.3) is 5.91 Å². The number of nitrogens with one attached hydrogen (secondary N) is 1. The van der Waals surface area contributed by atoms with Crippen LogP contribution in [0.25, 0.3) is 0 Å². The summed E-state index contributed by atoms with van der Waals surface area (Å²) in [5.41, 5.74) is 1.88. The van der Waals surface area contributed by atoms with E-state index in [4.69, 9.17) is 9.47 Å². The molecule has 5 nitrogen and oxygen atoms in total. The number of amides is 1. The van der Waals surface area contributed by atoms with E-state index in [0.717, 1.165) is 11.1 Å². The third-order valence-corrected chi connectivity index (χ3v) is 3.71. The Hall–Kier alpha value is -2.67. The molecule has 0 fully saturated rings. The van der Waals surface area contributed by atoms with Crippen LogP contribution in [-0.2, 0) is 17.9 Å². The van der Waals surface area contributed by atoms with Crippen molar-refractivity contribution < 1.29 is 27.8 Å². The smallest absolute Gasteiger partial charge is 0.387 e. The molecule has 0 saturated heterocycles. The SMILES string of the molecule is COc1cccc(C(=O)NCc2ccc(COC(C)C)cc2)c1OC(F)F. The summed E-state index contributed by atoms with van der Waals surface area (Å²) in [5, 5.41) is 2.70. The summed E-state index contributed by atoms with van der Waals surface area (Å²) < 4.78 is 40.3. The molecule has 1 amide bonds. The maximum Gasteiger partial charge on any atom is 0.387 e. The van der Waals surface area contributed by atoms with Gasteiger partial charge in [-0.1, -0.05) is 30.3 Å². The number of hydrogen-bond acceptors (Lipinski definition) is 4. The second-order valence-corrected chi connectivity index (χ2v) is 6.07. The zero-order chi connectivity index (χ0) is 19.8. The molecule has 0 saturated carbocycles. The van der Waals surface area contributed by atoms with Crippen LogP contribution >= 0.6 is 0 Å². The van der Waals surface area contributed by atoms with E-state index in [1.807, 2.05) is 38.1 Å². The predicted molar refractivity (Wildman–Crippen MR) is 97.2 cm³/mol. The molecule has 0 radical (unpaired) electrons. The van der Waals surface area contributed by atoms with Crippen LogP contribution in [-0.4, -0.2) is 25.7 Å². The van der Waals surface area contributed by atoms with Gasteiger partial charge < -0.3 is 19.5 Å². The van der Waals surface area contributed by atoms with Crippen LogP contribution in [0.5, 0.6) is 11.5 Å². The first kappa shape index (κ1) is 20.6. The summed E-state index contributed by atoms with van der Waals surface area (Å²) in [7, 11) is 1.32. The Kier molecular flexibility index (Phi) is 7.55. The Morgan fingerprint density at radius 1 is 1.07 bits per heavy atom. The normalized spacial score (nSPS) is 10.9. The minimum absolute atomic E-state index is 0.0170. The van der Waals surface area contributed by atoms with Crippen LogP contribution in [0.1, 0.15) is 35.3 Å². The second-order valence-electron chi connectivity index (χ2n) is 6.07. The van der Waals surface area contributed by atoms with Gasteiger partial charge >= 0.3 is 6.61 Å². The zero-order valence-corrected chi connectivity index (χ0v) is 15.5. The summed E-state index contributed by atoms with van der Waals surface area (Å²) >= 11 is 0. The Bertz CT molecular complexity index is 748. The van der Waals surface area contributed by atoms with Gasteiger partial charge in [0.15, 0.2) is 11.5 Å². The minimum atomic E-state index is -3.06. The van der Waals surface area contributed by atoms with Gasteiger partial charge in [-0.2, -0.15) is 8.78 Å². The molecule has 0 atom stereocenters. The van der Waals surface area contributed by atoms with Crippen molar-refractivity contribution in [3.63, 3.8) is 0 Å². The van der Waals surface area contributed by atoms with Gasteiger partial charge in [-0.25, -0.2) is 0 Å². The monoisotopic (exact) mass is 379 g/mol. The maximum absolute atomic E-state index is 12.7. The molecule has 0 aliphatic rings. The number of carbonyl (C=O) groups is 1. The van der Waals surface area contributed by atoms with E-state index in [1.54, 1.807) is 0 Å². The molecule has 0 spiro atoms. The molecular weight excluding hydrogens is 356 g/mol. The zero-order valence-electron chi connectivity index (χ0n) is 15.5. The number of carbonyl (C=O) groups excluding carboxylic acids is 1. The Labute approximate surface area is 157 Å². The molecule has 0 aliphatic carbocycles. The first-order valence-corrected chi connectivity index (χ1v) is 8.50. The highest BCUT2D eigenvalue weighted by molar-refractivity contribution is 5.97. The molecule has 0 aliphatic heterocycles. The van der Waals surface area contributed by atoms with Crippen LogP contribution in [0.3, 0.4) is 0 Å². The quantitative estimate of drug-likeness (QED) is 0.711. The van der Waals surface area contributed by atoms with E-state index in [2.05, 4.69) is 10.1 Å². The van der Waals surface area contributed by atoms with Gasteiger partial charge in [0.1, 0.15) is 0 Å². The summed E-state index contributed by atoms with van der Waals surface area (Å²) in [5.74, 6) is -0.747. The lowest BCUT2D eigenvalue weighted by Crippen LogP contribution is -2.24. The van der Waals surface area contributed by atoms with E-state index in [-0.39, 0.29) is 29.7 Å². The van der Waals surface area contributed by atoms with Crippen LogP contribution in [0.15, 0.2) is 42.5 Å². The third kappa shape index (κ3) is 6.21. The lowest BCUT2D eigenvalue weighted by molar-refractivity contribution is -0.0515. The lowest BCUT2D eigenvalue weighted by Gasteiger charge is -2.14. The van der Waals surface area contributed by atoms with Gasteiger partial charge in [0.05, 0.1) is 25.4 Å². The minimum Gasteiger partial charge on any atom is -0.493 e. The summed E-state index contributed by atoms with van der Waals surface area (Å²) in [6.07, 6.45) is 0.150. The molecule has 0 unspecified atom stereocenters. The molecule has 0 heterocycles. The predicted octanol–water partition coefficient (Wildman–Crippen LogP) is 4.15. The number of alkyl halides is 2. The largest absolute Gasteiger partial charge is 0.493 e. The fourth-order valence-electron chi connectivity index (χ4n) is 2.36. The molecule has 0 bridgehead atoms. The number of para-hydroxylation sites is 1. The first-order chi connectivity index (χ1) is 12.9. The van der Waals surface area contributed by atoms with Gasteiger partial charge in [0, 0.05) is 6.54 Å². The molecule has 7 heteroatoms. The number of ether oxygens (including phenoxy) is 3. The van der Waals surface area contributed by atoms with Crippen molar-refractivity contribution >= 4 is 5.91 Å². The average Bonchev–Trinajstić information content (AvgIpc) is 2.65. The molecule has 0 aromatic heterocycles. The van der Waals surface area contributed by atoms with E-state index < -0.39 is 12.5 Å². The Balaban J connectivity index is 2.03. The van der Waals surface area contributed by atoms with E-state index in [9.17, 15) is 13.6 Å². The number of hydrogen-bond donors (Lipinski definition) is 1. The highest BCUT2D eigenvalue weighted by atomic mass is 19.3. The van der Waals surface area contributed by atoms with Crippen LogP contribution in [0.2, 0.25) is 0 Å². The number of benzene rings is 2. The third-order valence-electron chi connectivity index (χ3n) is 3.71. The average molecular weight is 379 g/mol. The fraction of sp³-hybridized carbons (Fsp3) is 0.350. The van der Waals surface area contributed by atoms with E-state index in [0.29, 0.717) is 6.61 Å². The second kappa shape index (κ2) is 9.87. The van der Waals surface area contributed by atoms with Gasteiger partial charge in [0.2, 0.25) is 0 Å². The van der Waals surface area contributed by atoms with Crippen LogP contribution in [0, 0.1) is 0 Å². The van der Waals surface area contributed by atoms with Crippen molar-refractivity contribution in [1.82, 2.24) is 5.32 Å². The Morgan fingerprint density at radius 2 is 1.74 bits per heavy atom. The summed E-state index contributed by atoms with van der Waals surface area (Å²) in [6.45, 7) is 1.63. The highest BCUT2D eigenvalue weighted by Crippen LogP contribution is 2.32. The van der Waals surface area contributed by atoms with Crippen molar-refractivity contribution in [3.05, 3.63) is 59.2 Å². The Morgan fingerprint density at radius 3 is 2.33 bits per heavy atom. The van der Waals surface area contributed by atoms with E-state index >= 15 is 0 Å². The fourth-order valence-corrected chi connectivity index (χ4v) is 2.36.